The Balaban J connectivity index is 0.775. The molecular weight excluding hydrogens is 1280 g/mol. The summed E-state index contributed by atoms with van der Waals surface area (Å²) in [4.78, 5) is 69.8. The fourth-order valence-corrected chi connectivity index (χ4v) is 15.9. The summed E-state index contributed by atoms with van der Waals surface area (Å²) in [5.74, 6) is -2.17. The first-order valence-electron chi connectivity index (χ1n) is 32.0. The first kappa shape index (κ1) is 71.2. The summed E-state index contributed by atoms with van der Waals surface area (Å²) in [6.45, 7) is 20.0. The molecular formula is C68H86ClF3N8O10S3. The highest BCUT2D eigenvalue weighted by Gasteiger charge is 2.49. The van der Waals surface area contributed by atoms with Crippen LogP contribution in [-0.2, 0) is 45.4 Å². The zero-order valence-corrected chi connectivity index (χ0v) is 56.9. The van der Waals surface area contributed by atoms with Crippen molar-refractivity contribution >= 4 is 77.6 Å². The lowest BCUT2D eigenvalue weighted by atomic mass is 9.85. The molecule has 3 fully saturated rings. The lowest BCUT2D eigenvalue weighted by Gasteiger charge is -2.39. The van der Waals surface area contributed by atoms with Crippen LogP contribution in [0.1, 0.15) is 118 Å². The number of morpholine rings is 1. The number of aromatic nitrogens is 1. The molecule has 0 spiro atoms. The molecule has 0 unspecified atom stereocenters. The summed E-state index contributed by atoms with van der Waals surface area (Å²) in [5.41, 5.74) is 2.57. The van der Waals surface area contributed by atoms with Gasteiger partial charge in [0.25, 0.3) is 25.8 Å². The van der Waals surface area contributed by atoms with E-state index in [0.717, 1.165) is 58.0 Å². The van der Waals surface area contributed by atoms with Gasteiger partial charge < -0.3 is 25.0 Å². The van der Waals surface area contributed by atoms with Crippen LogP contribution in [0.25, 0.3) is 16.0 Å². The minimum absolute atomic E-state index is 0.00259. The molecule has 4 aliphatic rings. The van der Waals surface area contributed by atoms with Gasteiger partial charge in [0, 0.05) is 101 Å². The highest BCUT2D eigenvalue weighted by atomic mass is 35.5. The highest BCUT2D eigenvalue weighted by molar-refractivity contribution is 7.92. The maximum Gasteiger partial charge on any atom is 0.501 e. The smallest absolute Gasteiger partial charge is 0.391 e. The molecule has 0 radical (unpaired) electrons. The van der Waals surface area contributed by atoms with Gasteiger partial charge in [-0.15, -0.1) is 11.3 Å². The van der Waals surface area contributed by atoms with Gasteiger partial charge in [0.1, 0.15) is 6.04 Å². The molecule has 0 aliphatic carbocycles. The third-order valence-electron chi connectivity index (χ3n) is 18.4. The minimum Gasteiger partial charge on any atom is -0.391 e. The monoisotopic (exact) mass is 1360 g/mol. The van der Waals surface area contributed by atoms with E-state index < -0.39 is 64.7 Å². The number of aliphatic hydroxyl groups excluding tert-OH is 1. The van der Waals surface area contributed by atoms with Gasteiger partial charge in [-0.05, 0) is 145 Å². The van der Waals surface area contributed by atoms with Gasteiger partial charge in [-0.1, -0.05) is 95.1 Å². The number of sulfonamides is 1. The van der Waals surface area contributed by atoms with E-state index in [1.165, 1.54) is 28.2 Å². The zero-order valence-electron chi connectivity index (χ0n) is 53.7. The number of alkyl halides is 3. The summed E-state index contributed by atoms with van der Waals surface area (Å²) >= 11 is 7.91. The first-order valence-corrected chi connectivity index (χ1v) is 36.2. The topological polar surface area (TPSA) is 219 Å². The number of amides is 3. The maximum absolute atomic E-state index is 14.5. The Morgan fingerprint density at radius 2 is 1.52 bits per heavy atom. The van der Waals surface area contributed by atoms with E-state index in [4.69, 9.17) is 16.3 Å². The third kappa shape index (κ3) is 18.1. The predicted molar refractivity (Wildman–Crippen MR) is 355 cm³/mol. The summed E-state index contributed by atoms with van der Waals surface area (Å²) in [7, 11) is -10.8. The van der Waals surface area contributed by atoms with Crippen LogP contribution in [0.3, 0.4) is 0 Å². The molecule has 0 saturated carbocycles. The molecule has 4 aromatic carbocycles. The maximum atomic E-state index is 14.5. The highest BCUT2D eigenvalue weighted by Crippen LogP contribution is 2.37. The molecule has 18 nitrogen and oxygen atoms in total. The minimum atomic E-state index is -5.98. The molecule has 3 saturated heterocycles. The number of likely N-dealkylation sites (tertiary alicyclic amines) is 1. The third-order valence-corrected chi connectivity index (χ3v) is 22.6. The number of hydrogen-bond acceptors (Lipinski definition) is 16. The molecule has 5 aromatic rings. The number of halogens is 4. The van der Waals surface area contributed by atoms with Crippen LogP contribution in [0, 0.1) is 18.3 Å². The number of hydrogen-bond donors (Lipinski definition) is 3. The van der Waals surface area contributed by atoms with E-state index in [1.807, 2.05) is 100 Å². The van der Waals surface area contributed by atoms with Crippen LogP contribution in [0.15, 0.2) is 112 Å². The van der Waals surface area contributed by atoms with Crippen LogP contribution in [0.2, 0.25) is 5.02 Å². The second kappa shape index (κ2) is 30.8. The number of ether oxygens (including phenoxy) is 1. The molecule has 3 amide bonds. The zero-order chi connectivity index (χ0) is 67.0. The van der Waals surface area contributed by atoms with Gasteiger partial charge >= 0.3 is 5.51 Å². The molecule has 93 heavy (non-hydrogen) atoms. The lowest BCUT2D eigenvalue weighted by molar-refractivity contribution is -0.143. The van der Waals surface area contributed by atoms with Crippen LogP contribution >= 0.6 is 22.9 Å². The molecule has 504 valence electrons. The number of Topliss-reactive ketones (excluding diaryl/α,β-unsaturated/α-hetero) is 1. The van der Waals surface area contributed by atoms with Crippen LogP contribution in [-0.4, -0.2) is 185 Å². The molecule has 5 atom stereocenters. The van der Waals surface area contributed by atoms with Gasteiger partial charge in [0.05, 0.1) is 51.2 Å². The van der Waals surface area contributed by atoms with E-state index in [0.29, 0.717) is 109 Å². The van der Waals surface area contributed by atoms with Crippen molar-refractivity contribution in [1.82, 2.24) is 34.6 Å². The van der Waals surface area contributed by atoms with Gasteiger partial charge in [-0.2, -0.15) is 13.2 Å². The van der Waals surface area contributed by atoms with Crippen molar-refractivity contribution in [2.45, 2.75) is 132 Å². The molecule has 5 heterocycles. The van der Waals surface area contributed by atoms with Crippen LogP contribution < -0.4 is 14.9 Å². The Kier molecular flexibility index (Phi) is 23.5. The number of benzene rings is 4. The number of carbonyl (C=O) groups is 4. The Labute approximate surface area is 553 Å². The lowest BCUT2D eigenvalue weighted by Crippen LogP contribution is -2.56. The van der Waals surface area contributed by atoms with Crippen molar-refractivity contribution in [3.8, 4) is 10.4 Å². The van der Waals surface area contributed by atoms with E-state index in [1.54, 1.807) is 23.5 Å². The molecule has 3 N–H and O–H groups in total. The SMILES string of the molecule is CC[C@@H](CCN1CCOCC1)Cc1ccc(S(=O)(=O)NC(=O)c2ccc(N3CCN(CC4=C(c5ccc(Cl)cc5)CCN(CCCC(=O)N[C@H](C(=O)N5C[C@H](O)C[C@H]5C(=O)C[C@@H](C)c5ccc(-c6scnc6C)cc5)C(C)(C)C)C4)CC3)cc2)cc1S(=O)(=O)C(F)(F)F. The number of anilines is 1. The van der Waals surface area contributed by atoms with Crippen molar-refractivity contribution in [3.63, 3.8) is 0 Å². The number of aryl methyl sites for hydroxylation is 1. The molecule has 25 heteroatoms. The number of sulfone groups is 1. The second-order valence-corrected chi connectivity index (χ2v) is 31.0. The average molecular weight is 1360 g/mol. The number of nitrogens with zero attached hydrogens (tertiary/aromatic N) is 6. The number of nitrogens with one attached hydrogen (secondary N) is 2. The number of piperazine rings is 1. The Hall–Kier alpha value is -6.09. The van der Waals surface area contributed by atoms with Crippen molar-refractivity contribution in [2.75, 3.05) is 96.7 Å². The van der Waals surface area contributed by atoms with Crippen LogP contribution in [0.5, 0.6) is 0 Å². The number of rotatable bonds is 25. The molecule has 4 aliphatic heterocycles. The fourth-order valence-electron chi connectivity index (χ4n) is 12.9. The quantitative estimate of drug-likeness (QED) is 0.0495. The number of aliphatic hydroxyl groups is 1. The average Bonchev–Trinajstić information content (AvgIpc) is 1.15. The first-order chi connectivity index (χ1) is 44.1. The number of carbonyl (C=O) groups excluding carboxylic acids is 4. The van der Waals surface area contributed by atoms with Gasteiger partial charge in [-0.3, -0.25) is 33.9 Å². The fraction of sp³-hybridized carbons (Fsp3) is 0.515. The van der Waals surface area contributed by atoms with Gasteiger partial charge in [0.15, 0.2) is 5.78 Å². The second-order valence-electron chi connectivity index (χ2n) is 26.1. The summed E-state index contributed by atoms with van der Waals surface area (Å²) in [6, 6.07) is 23.1. The Morgan fingerprint density at radius 1 is 0.839 bits per heavy atom. The molecule has 1 aromatic heterocycles. The number of ketones is 1. The standard InChI is InChI=1S/C68H86ClF3N8O10S3/c1-7-47(24-27-76-33-35-90-36-34-76)38-52-18-23-57(40-61(52)92(86,87)68(70,71)72)93(88,89)75-65(84)51-16-21-55(22-17-51)79-31-29-78(30-32-79)42-53-41-77(28-25-58(53)49-14-19-54(69)20-15-49)26-8-9-62(83)74-64(67(4,5)6)66(85)80-43-56(81)39-59(80)60(82)37-45(2)48-10-12-50(13-11-48)63-46(3)73-44-91-63/h10-23,40,44-45,47,56,59,64,81H,7-9,24-39,41-43H2,1-6H3,(H,74,83)(H,75,84)/t45-,47+,56-,59+,64-/m1/s1. The summed E-state index contributed by atoms with van der Waals surface area (Å²) in [6.07, 6.45) is 2.01. The van der Waals surface area contributed by atoms with E-state index in [2.05, 4.69) is 29.9 Å². The van der Waals surface area contributed by atoms with Crippen LogP contribution in [0.4, 0.5) is 18.9 Å². The van der Waals surface area contributed by atoms with Crippen molar-refractivity contribution in [2.24, 2.45) is 11.3 Å². The Bertz CT molecular complexity index is 3700. The molecule has 9 rings (SSSR count). The summed E-state index contributed by atoms with van der Waals surface area (Å²) < 4.78 is 103. The van der Waals surface area contributed by atoms with Crippen molar-refractivity contribution < 1.29 is 59.0 Å². The van der Waals surface area contributed by atoms with E-state index >= 15 is 0 Å². The number of β-amino-alcohol motifs (C(OH)–C–C–N with tert-alkyl or cyclic N) is 1. The van der Waals surface area contributed by atoms with Gasteiger partial charge in [-0.25, -0.2) is 26.5 Å². The Morgan fingerprint density at radius 3 is 2.15 bits per heavy atom. The predicted octanol–water partition coefficient (Wildman–Crippen LogP) is 9.79. The van der Waals surface area contributed by atoms with Crippen molar-refractivity contribution in [1.29, 1.82) is 0 Å². The summed E-state index contributed by atoms with van der Waals surface area (Å²) in [5, 5.41) is 14.5. The largest absolute Gasteiger partial charge is 0.501 e. The van der Waals surface area contributed by atoms with Gasteiger partial charge in [0.2, 0.25) is 11.8 Å². The van der Waals surface area contributed by atoms with E-state index in [-0.39, 0.29) is 72.8 Å². The van der Waals surface area contributed by atoms with Crippen molar-refractivity contribution in [3.05, 3.63) is 135 Å². The molecule has 0 bridgehead atoms. The number of thiazole rings is 1. The van der Waals surface area contributed by atoms with E-state index in [9.17, 15) is 54.3 Å². The normalized spacial score (nSPS) is 19.3.